The van der Waals surface area contributed by atoms with Crippen LogP contribution in [0.4, 0.5) is 5.00 Å². The van der Waals surface area contributed by atoms with Crippen molar-refractivity contribution in [1.82, 2.24) is 10.6 Å². The summed E-state index contributed by atoms with van der Waals surface area (Å²) >= 11 is 1.79. The van der Waals surface area contributed by atoms with Crippen LogP contribution >= 0.6 is 11.3 Å². The number of hydrogen-bond donors (Lipinski definition) is 3. The number of rotatable bonds is 5. The van der Waals surface area contributed by atoms with Gasteiger partial charge in [0.2, 0.25) is 5.91 Å². The highest BCUT2D eigenvalue weighted by Gasteiger charge is 2.20. The van der Waals surface area contributed by atoms with Crippen LogP contribution in [0.15, 0.2) is 46.8 Å². The number of aliphatic imine (C=N–C) groups is 1. The van der Waals surface area contributed by atoms with Gasteiger partial charge in [-0.1, -0.05) is 12.1 Å². The first-order valence-corrected chi connectivity index (χ1v) is 9.68. The van der Waals surface area contributed by atoms with Gasteiger partial charge in [-0.2, -0.15) is 0 Å². The molecule has 6 nitrogen and oxygen atoms in total. The molecule has 3 rings (SSSR count). The predicted octanol–water partition coefficient (Wildman–Crippen LogP) is 2.18. The number of guanidine groups is 1. The van der Waals surface area contributed by atoms with E-state index in [9.17, 15) is 4.79 Å². The van der Waals surface area contributed by atoms with E-state index in [0.717, 1.165) is 37.5 Å². The highest BCUT2D eigenvalue weighted by atomic mass is 32.1. The van der Waals surface area contributed by atoms with E-state index in [0.29, 0.717) is 18.2 Å². The number of nitrogens with zero attached hydrogens (tertiary/aromatic N) is 2. The van der Waals surface area contributed by atoms with Crippen molar-refractivity contribution in [3.05, 3.63) is 52.9 Å². The monoisotopic (exact) mass is 371 g/mol. The van der Waals surface area contributed by atoms with E-state index in [4.69, 9.17) is 5.73 Å². The van der Waals surface area contributed by atoms with Crippen LogP contribution in [0.5, 0.6) is 0 Å². The smallest absolute Gasteiger partial charge is 0.248 e. The van der Waals surface area contributed by atoms with Gasteiger partial charge in [0, 0.05) is 38.3 Å². The molecule has 7 heteroatoms. The molecule has 1 aromatic carbocycles. The molecule has 0 radical (unpaired) electrons. The van der Waals surface area contributed by atoms with Crippen LogP contribution in [0, 0.1) is 0 Å². The minimum Gasteiger partial charge on any atom is -0.366 e. The summed E-state index contributed by atoms with van der Waals surface area (Å²) in [6.07, 6.45) is 2.16. The lowest BCUT2D eigenvalue weighted by molar-refractivity contribution is 0.1000. The Bertz CT molecular complexity index is 751. The number of nitrogens with two attached hydrogens (primary N) is 1. The van der Waals surface area contributed by atoms with E-state index in [1.54, 1.807) is 24.5 Å². The van der Waals surface area contributed by atoms with Gasteiger partial charge in [-0.15, -0.1) is 11.3 Å². The molecule has 2 heterocycles. The highest BCUT2D eigenvalue weighted by Crippen LogP contribution is 2.24. The summed E-state index contributed by atoms with van der Waals surface area (Å²) in [5.41, 5.74) is 6.85. The third-order valence-corrected chi connectivity index (χ3v) is 5.48. The number of benzene rings is 1. The van der Waals surface area contributed by atoms with Crippen LogP contribution in [0.2, 0.25) is 0 Å². The minimum atomic E-state index is -0.410. The fourth-order valence-corrected chi connectivity index (χ4v) is 3.89. The van der Waals surface area contributed by atoms with Gasteiger partial charge < -0.3 is 21.3 Å². The Morgan fingerprint density at radius 1 is 1.31 bits per heavy atom. The SMILES string of the molecule is CN=C(NCc1cccc(C(N)=O)c1)NC1CCN(c2cccs2)CC1. The molecule has 0 unspecified atom stereocenters. The average Bonchev–Trinajstić information content (AvgIpc) is 3.20. The molecule has 0 spiro atoms. The normalized spacial score (nSPS) is 15.7. The molecule has 0 bridgehead atoms. The number of carbonyl (C=O) groups is 1. The predicted molar refractivity (Wildman–Crippen MR) is 108 cm³/mol. The maximum atomic E-state index is 11.3. The molecule has 26 heavy (non-hydrogen) atoms. The Kier molecular flexibility index (Phi) is 6.12. The summed E-state index contributed by atoms with van der Waals surface area (Å²) in [5.74, 6) is 0.371. The van der Waals surface area contributed by atoms with Crippen molar-refractivity contribution in [2.75, 3.05) is 25.0 Å². The lowest BCUT2D eigenvalue weighted by Crippen LogP contribution is -2.48. The number of anilines is 1. The number of carbonyl (C=O) groups excluding carboxylic acids is 1. The van der Waals surface area contributed by atoms with Crippen LogP contribution < -0.4 is 21.3 Å². The summed E-state index contributed by atoms with van der Waals surface area (Å²) in [4.78, 5) is 18.0. The van der Waals surface area contributed by atoms with Gasteiger partial charge >= 0.3 is 0 Å². The average molecular weight is 372 g/mol. The van der Waals surface area contributed by atoms with Crippen molar-refractivity contribution in [3.63, 3.8) is 0 Å². The summed E-state index contributed by atoms with van der Waals surface area (Å²) in [6.45, 7) is 2.69. The van der Waals surface area contributed by atoms with Gasteiger partial charge in [-0.25, -0.2) is 0 Å². The fraction of sp³-hybridized carbons (Fsp3) is 0.368. The number of hydrogen-bond acceptors (Lipinski definition) is 4. The molecule has 0 saturated carbocycles. The molecule has 1 fully saturated rings. The zero-order valence-corrected chi connectivity index (χ0v) is 15.8. The molecule has 4 N–H and O–H groups in total. The molecule has 0 atom stereocenters. The van der Waals surface area contributed by atoms with Crippen molar-refractivity contribution in [1.29, 1.82) is 0 Å². The van der Waals surface area contributed by atoms with Crippen molar-refractivity contribution < 1.29 is 4.79 Å². The number of amides is 1. The van der Waals surface area contributed by atoms with Gasteiger partial charge in [0.05, 0.1) is 5.00 Å². The molecular formula is C19H25N5OS. The maximum Gasteiger partial charge on any atom is 0.248 e. The molecular weight excluding hydrogens is 346 g/mol. The third-order valence-electron chi connectivity index (χ3n) is 4.55. The molecule has 138 valence electrons. The Labute approximate surface area is 158 Å². The summed E-state index contributed by atoms with van der Waals surface area (Å²) in [5, 5.41) is 10.3. The standard InChI is InChI=1S/C19H25N5OS/c1-21-19(22-13-14-4-2-5-15(12-14)18(20)25)23-16-7-9-24(10-8-16)17-6-3-11-26-17/h2-6,11-12,16H,7-10,13H2,1H3,(H2,20,25)(H2,21,22,23). The summed E-state index contributed by atoms with van der Waals surface area (Å²) in [7, 11) is 1.77. The Morgan fingerprint density at radius 3 is 2.77 bits per heavy atom. The second kappa shape index (κ2) is 8.71. The molecule has 1 amide bonds. The van der Waals surface area contributed by atoms with Crippen LogP contribution in [-0.2, 0) is 6.54 Å². The molecule has 1 saturated heterocycles. The maximum absolute atomic E-state index is 11.3. The van der Waals surface area contributed by atoms with Crippen LogP contribution in [-0.4, -0.2) is 38.0 Å². The van der Waals surface area contributed by atoms with E-state index >= 15 is 0 Å². The van der Waals surface area contributed by atoms with Crippen molar-refractivity contribution >= 4 is 28.2 Å². The molecule has 1 aliphatic rings. The second-order valence-electron chi connectivity index (χ2n) is 6.35. The van der Waals surface area contributed by atoms with E-state index < -0.39 is 5.91 Å². The number of piperidine rings is 1. The quantitative estimate of drug-likeness (QED) is 0.556. The summed E-state index contributed by atoms with van der Waals surface area (Å²) < 4.78 is 0. The summed E-state index contributed by atoms with van der Waals surface area (Å²) in [6, 6.07) is 12.0. The van der Waals surface area contributed by atoms with Crippen molar-refractivity contribution in [3.8, 4) is 0 Å². The van der Waals surface area contributed by atoms with E-state index in [2.05, 4.69) is 38.0 Å². The molecule has 1 aliphatic heterocycles. The minimum absolute atomic E-state index is 0.410. The second-order valence-corrected chi connectivity index (χ2v) is 7.27. The molecule has 1 aromatic heterocycles. The highest BCUT2D eigenvalue weighted by molar-refractivity contribution is 7.14. The van der Waals surface area contributed by atoms with Gasteiger partial charge in [0.1, 0.15) is 0 Å². The number of thiophene rings is 1. The lowest BCUT2D eigenvalue weighted by Gasteiger charge is -2.33. The zero-order chi connectivity index (χ0) is 18.4. The first-order valence-electron chi connectivity index (χ1n) is 8.80. The largest absolute Gasteiger partial charge is 0.366 e. The zero-order valence-electron chi connectivity index (χ0n) is 14.9. The Hall–Kier alpha value is -2.54. The van der Waals surface area contributed by atoms with E-state index in [1.165, 1.54) is 5.00 Å². The van der Waals surface area contributed by atoms with Gasteiger partial charge in [-0.05, 0) is 48.1 Å². The first kappa shape index (κ1) is 18.3. The van der Waals surface area contributed by atoms with Crippen LogP contribution in [0.3, 0.4) is 0 Å². The Morgan fingerprint density at radius 2 is 2.12 bits per heavy atom. The van der Waals surface area contributed by atoms with Gasteiger partial charge in [0.15, 0.2) is 5.96 Å². The van der Waals surface area contributed by atoms with E-state index in [1.807, 2.05) is 18.2 Å². The third kappa shape index (κ3) is 4.76. The van der Waals surface area contributed by atoms with Crippen LogP contribution in [0.25, 0.3) is 0 Å². The number of primary amides is 1. The van der Waals surface area contributed by atoms with Crippen molar-refractivity contribution in [2.24, 2.45) is 10.7 Å². The lowest BCUT2D eigenvalue weighted by atomic mass is 10.1. The van der Waals surface area contributed by atoms with Gasteiger partial charge in [-0.3, -0.25) is 9.79 Å². The first-order chi connectivity index (χ1) is 12.7. The number of nitrogens with one attached hydrogen (secondary N) is 2. The van der Waals surface area contributed by atoms with Crippen LogP contribution in [0.1, 0.15) is 28.8 Å². The molecule has 2 aromatic rings. The Balaban J connectivity index is 1.48. The topological polar surface area (TPSA) is 82.7 Å². The van der Waals surface area contributed by atoms with E-state index in [-0.39, 0.29) is 0 Å². The van der Waals surface area contributed by atoms with Gasteiger partial charge in [0.25, 0.3) is 0 Å². The molecule has 0 aliphatic carbocycles. The fourth-order valence-electron chi connectivity index (χ4n) is 3.10. The van der Waals surface area contributed by atoms with Crippen molar-refractivity contribution in [2.45, 2.75) is 25.4 Å².